The van der Waals surface area contributed by atoms with Crippen molar-refractivity contribution in [2.45, 2.75) is 27.3 Å². The van der Waals surface area contributed by atoms with Gasteiger partial charge in [-0.25, -0.2) is 4.31 Å². The maximum atomic E-state index is 12.6. The summed E-state index contributed by atoms with van der Waals surface area (Å²) in [5.41, 5.74) is 1.24. The van der Waals surface area contributed by atoms with Gasteiger partial charge in [-0.1, -0.05) is 5.16 Å². The minimum absolute atomic E-state index is 0.0840. The van der Waals surface area contributed by atoms with Crippen LogP contribution in [0.4, 0.5) is 5.82 Å². The van der Waals surface area contributed by atoms with E-state index in [1.54, 1.807) is 24.7 Å². The molecule has 2 aromatic rings. The van der Waals surface area contributed by atoms with Gasteiger partial charge < -0.3 is 9.84 Å². The summed E-state index contributed by atoms with van der Waals surface area (Å²) in [7, 11) is -2.78. The molecule has 1 aliphatic rings. The molecule has 2 aromatic heterocycles. The molecule has 0 fully saturated rings. The van der Waals surface area contributed by atoms with E-state index in [1.807, 2.05) is 6.92 Å². The van der Waals surface area contributed by atoms with Gasteiger partial charge in [0.1, 0.15) is 11.5 Å². The molecule has 0 atom stereocenters. The smallest absolute Gasteiger partial charge is 0.345 e. The Morgan fingerprint density at radius 2 is 2.08 bits per heavy atom. The monoisotopic (exact) mass is 378 g/mol. The molecule has 0 aliphatic carbocycles. The molecule has 26 heavy (non-hydrogen) atoms. The summed E-state index contributed by atoms with van der Waals surface area (Å²) < 4.78 is 35.9. The molecule has 0 saturated carbocycles. The molecule has 1 aliphatic heterocycles. The second kappa shape index (κ2) is 6.41. The molecule has 1 amide bonds. The van der Waals surface area contributed by atoms with Crippen molar-refractivity contribution in [3.05, 3.63) is 41.1 Å². The second-order valence-electron chi connectivity index (χ2n) is 5.71. The minimum atomic E-state index is -4.04. The van der Waals surface area contributed by atoms with Crippen LogP contribution in [-0.2, 0) is 21.5 Å². The average Bonchev–Trinajstić information content (AvgIpc) is 3.15. The van der Waals surface area contributed by atoms with E-state index in [1.165, 1.54) is 19.2 Å². The first kappa shape index (κ1) is 17.9. The third kappa shape index (κ3) is 3.25. The Morgan fingerprint density at radius 3 is 2.65 bits per heavy atom. The van der Waals surface area contributed by atoms with Crippen LogP contribution in [0.2, 0.25) is 0 Å². The van der Waals surface area contributed by atoms with E-state index in [4.69, 9.17) is 4.52 Å². The van der Waals surface area contributed by atoms with E-state index in [0.717, 1.165) is 4.31 Å². The number of hydrogen-bond donors (Lipinski definition) is 1. The molecule has 3 rings (SSSR count). The second-order valence-corrected chi connectivity index (χ2v) is 7.34. The number of amides is 1. The fourth-order valence-electron chi connectivity index (χ4n) is 2.43. The van der Waals surface area contributed by atoms with E-state index in [2.05, 4.69) is 20.0 Å². The van der Waals surface area contributed by atoms with Crippen LogP contribution in [-0.4, -0.2) is 46.3 Å². The Labute approximate surface area is 150 Å². The highest BCUT2D eigenvalue weighted by Gasteiger charge is 2.31. The summed E-state index contributed by atoms with van der Waals surface area (Å²) in [6.07, 6.45) is 3.11. The zero-order valence-electron chi connectivity index (χ0n) is 14.7. The first-order valence-corrected chi connectivity index (χ1v) is 9.20. The van der Waals surface area contributed by atoms with Gasteiger partial charge in [-0.15, -0.1) is 4.40 Å². The largest absolute Gasteiger partial charge is 0.360 e. The summed E-state index contributed by atoms with van der Waals surface area (Å²) in [5, 5.41) is 10.5. The number of nitrogens with one attached hydrogen (secondary N) is 1. The van der Waals surface area contributed by atoms with Crippen LogP contribution in [0.1, 0.15) is 23.9 Å². The van der Waals surface area contributed by atoms with Gasteiger partial charge in [0.2, 0.25) is 0 Å². The number of carbonyl (C=O) groups is 1. The normalized spacial score (nSPS) is 16.2. The molecular weight excluding hydrogens is 360 g/mol. The topological polar surface area (TPSA) is 123 Å². The average molecular weight is 378 g/mol. The molecule has 0 unspecified atom stereocenters. The number of rotatable bonds is 4. The molecule has 138 valence electrons. The summed E-state index contributed by atoms with van der Waals surface area (Å²) in [5.74, 6) is 0.0688. The lowest BCUT2D eigenvalue weighted by atomic mass is 10.1. The number of likely N-dealkylation sites (N-methyl/N-ethyl adjacent to an activating group) is 1. The lowest BCUT2D eigenvalue weighted by molar-refractivity contribution is -0.113. The van der Waals surface area contributed by atoms with Gasteiger partial charge >= 0.3 is 10.2 Å². The van der Waals surface area contributed by atoms with E-state index in [-0.39, 0.29) is 17.2 Å². The Bertz CT molecular complexity index is 1030. The van der Waals surface area contributed by atoms with Crippen LogP contribution in [0, 0.1) is 13.8 Å². The molecule has 0 spiro atoms. The van der Waals surface area contributed by atoms with Crippen molar-refractivity contribution >= 4 is 27.6 Å². The molecule has 10 nitrogen and oxygen atoms in total. The number of hydrogen-bond acceptors (Lipinski definition) is 6. The molecule has 0 saturated heterocycles. The van der Waals surface area contributed by atoms with E-state index < -0.39 is 16.1 Å². The lowest BCUT2D eigenvalue weighted by Gasteiger charge is -2.23. The van der Waals surface area contributed by atoms with Gasteiger partial charge in [-0.2, -0.15) is 13.5 Å². The predicted octanol–water partition coefficient (Wildman–Crippen LogP) is 1.01. The maximum Gasteiger partial charge on any atom is 0.345 e. The number of aryl methyl sites for hydroxylation is 3. The number of aromatic nitrogens is 3. The zero-order chi connectivity index (χ0) is 19.1. The van der Waals surface area contributed by atoms with E-state index >= 15 is 0 Å². The molecule has 0 bridgehead atoms. The standard InChI is InChI=1S/C15H18N6O4S/c1-5-21-8-11(10(3)17-21)12-7-13(20(4)26(23,24)19-12)15(22)16-14-6-9(2)25-18-14/h6-8H,5H2,1-4H3,(H,16,18,22). The quantitative estimate of drug-likeness (QED) is 0.847. The number of allylic oxidation sites excluding steroid dienone is 1. The molecule has 3 heterocycles. The van der Waals surface area contributed by atoms with Crippen LogP contribution < -0.4 is 5.32 Å². The van der Waals surface area contributed by atoms with Crippen molar-refractivity contribution in [2.24, 2.45) is 4.40 Å². The van der Waals surface area contributed by atoms with Crippen LogP contribution >= 0.6 is 0 Å². The molecule has 0 radical (unpaired) electrons. The Balaban J connectivity index is 2.00. The predicted molar refractivity (Wildman–Crippen MR) is 93.8 cm³/mol. The summed E-state index contributed by atoms with van der Waals surface area (Å²) >= 11 is 0. The SMILES string of the molecule is CCn1cc(C2=NS(=O)(=O)N(C)C(C(=O)Nc3cc(C)on3)=C2)c(C)n1. The van der Waals surface area contributed by atoms with Crippen LogP contribution in [0.15, 0.2) is 33.0 Å². The highest BCUT2D eigenvalue weighted by Crippen LogP contribution is 2.22. The van der Waals surface area contributed by atoms with Gasteiger partial charge in [0.25, 0.3) is 5.91 Å². The van der Waals surface area contributed by atoms with Crippen molar-refractivity contribution in [1.29, 1.82) is 0 Å². The van der Waals surface area contributed by atoms with Gasteiger partial charge in [0.05, 0.1) is 11.4 Å². The van der Waals surface area contributed by atoms with Gasteiger partial charge in [-0.05, 0) is 26.8 Å². The highest BCUT2D eigenvalue weighted by molar-refractivity contribution is 7.88. The summed E-state index contributed by atoms with van der Waals surface area (Å²) in [6.45, 7) is 5.97. The van der Waals surface area contributed by atoms with Crippen LogP contribution in [0.25, 0.3) is 0 Å². The Morgan fingerprint density at radius 1 is 1.35 bits per heavy atom. The van der Waals surface area contributed by atoms with Crippen LogP contribution in [0.3, 0.4) is 0 Å². The maximum absolute atomic E-state index is 12.6. The zero-order valence-corrected chi connectivity index (χ0v) is 15.5. The van der Waals surface area contributed by atoms with Crippen molar-refractivity contribution in [3.63, 3.8) is 0 Å². The number of anilines is 1. The molecule has 11 heteroatoms. The Kier molecular flexibility index (Phi) is 4.40. The summed E-state index contributed by atoms with van der Waals surface area (Å²) in [6, 6.07) is 1.53. The highest BCUT2D eigenvalue weighted by atomic mass is 32.2. The third-order valence-corrected chi connectivity index (χ3v) is 5.14. The molecular formula is C15H18N6O4S. The molecule has 0 aromatic carbocycles. The Hall–Kier alpha value is -2.95. The van der Waals surface area contributed by atoms with E-state index in [9.17, 15) is 13.2 Å². The first-order valence-electron chi connectivity index (χ1n) is 7.81. The van der Waals surface area contributed by atoms with Crippen LogP contribution in [0.5, 0.6) is 0 Å². The molecule has 1 N–H and O–H groups in total. The summed E-state index contributed by atoms with van der Waals surface area (Å²) in [4.78, 5) is 12.6. The minimum Gasteiger partial charge on any atom is -0.360 e. The van der Waals surface area contributed by atoms with Crippen molar-refractivity contribution in [1.82, 2.24) is 19.2 Å². The van der Waals surface area contributed by atoms with Crippen molar-refractivity contribution < 1.29 is 17.7 Å². The third-order valence-electron chi connectivity index (χ3n) is 3.82. The lowest BCUT2D eigenvalue weighted by Crippen LogP contribution is -2.35. The van der Waals surface area contributed by atoms with Crippen molar-refractivity contribution in [3.8, 4) is 0 Å². The number of nitrogens with zero attached hydrogens (tertiary/aromatic N) is 5. The van der Waals surface area contributed by atoms with Gasteiger partial charge in [0, 0.05) is 31.4 Å². The van der Waals surface area contributed by atoms with Gasteiger partial charge in [-0.3, -0.25) is 9.48 Å². The first-order chi connectivity index (χ1) is 12.2. The van der Waals surface area contributed by atoms with Crippen molar-refractivity contribution in [2.75, 3.05) is 12.4 Å². The number of carbonyl (C=O) groups excluding carboxylic acids is 1. The van der Waals surface area contributed by atoms with Gasteiger partial charge in [0.15, 0.2) is 5.82 Å². The fourth-order valence-corrected chi connectivity index (χ4v) is 3.34. The fraction of sp³-hybridized carbons (Fsp3) is 0.333. The van der Waals surface area contributed by atoms with E-state index in [0.29, 0.717) is 23.6 Å².